The van der Waals surface area contributed by atoms with Crippen LogP contribution < -0.4 is 14.8 Å². The third-order valence-corrected chi connectivity index (χ3v) is 5.02. The third kappa shape index (κ3) is 6.36. The molecule has 2 aromatic rings. The molecule has 0 aliphatic carbocycles. The number of carbonyl (C=O) groups is 2. The smallest absolute Gasteiger partial charge is 0.418 e. The Hall–Kier alpha value is -3.27. The van der Waals surface area contributed by atoms with E-state index < -0.39 is 17.6 Å². The van der Waals surface area contributed by atoms with Crippen molar-refractivity contribution in [2.45, 2.75) is 6.18 Å². The van der Waals surface area contributed by atoms with Crippen molar-refractivity contribution in [1.82, 2.24) is 9.80 Å². The standard InChI is InChI=1S/C22H24F3N3O4/c1-31-16-6-8-17(9-7-16)32-15-21(30)28-12-10-27(11-13-28)14-20(29)26-19-5-3-2-4-18(19)22(23,24)25/h2-9H,10-15H2,1H3,(H,26,29). The average Bonchev–Trinajstić information content (AvgIpc) is 2.78. The zero-order valence-electron chi connectivity index (χ0n) is 17.5. The van der Waals surface area contributed by atoms with E-state index in [2.05, 4.69) is 5.32 Å². The van der Waals surface area contributed by atoms with Crippen molar-refractivity contribution in [3.63, 3.8) is 0 Å². The van der Waals surface area contributed by atoms with E-state index in [1.807, 2.05) is 0 Å². The van der Waals surface area contributed by atoms with E-state index in [4.69, 9.17) is 9.47 Å². The third-order valence-electron chi connectivity index (χ3n) is 5.02. The molecule has 0 bridgehead atoms. The molecule has 1 saturated heterocycles. The van der Waals surface area contributed by atoms with Gasteiger partial charge in [0.15, 0.2) is 6.61 Å². The Kier molecular flexibility index (Phi) is 7.57. The molecule has 1 aliphatic rings. The molecular formula is C22H24F3N3O4. The normalized spacial score (nSPS) is 14.7. The highest BCUT2D eigenvalue weighted by atomic mass is 19.4. The van der Waals surface area contributed by atoms with Gasteiger partial charge in [0.1, 0.15) is 11.5 Å². The summed E-state index contributed by atoms with van der Waals surface area (Å²) in [5, 5.41) is 2.33. The van der Waals surface area contributed by atoms with Gasteiger partial charge in [-0.05, 0) is 36.4 Å². The molecule has 32 heavy (non-hydrogen) atoms. The fourth-order valence-electron chi connectivity index (χ4n) is 3.30. The van der Waals surface area contributed by atoms with Gasteiger partial charge in [0.05, 0.1) is 24.9 Å². The number of para-hydroxylation sites is 1. The Labute approximate surface area is 183 Å². The molecule has 1 fully saturated rings. The highest BCUT2D eigenvalue weighted by molar-refractivity contribution is 5.93. The first-order valence-electron chi connectivity index (χ1n) is 9.99. The van der Waals surface area contributed by atoms with E-state index in [0.29, 0.717) is 37.7 Å². The van der Waals surface area contributed by atoms with Crippen molar-refractivity contribution in [2.75, 3.05) is 51.8 Å². The first-order valence-corrected chi connectivity index (χ1v) is 9.99. The summed E-state index contributed by atoms with van der Waals surface area (Å²) in [5.74, 6) is 0.521. The van der Waals surface area contributed by atoms with Gasteiger partial charge in [-0.3, -0.25) is 14.5 Å². The molecule has 7 nitrogen and oxygen atoms in total. The van der Waals surface area contributed by atoms with Gasteiger partial charge >= 0.3 is 6.18 Å². The molecule has 1 heterocycles. The summed E-state index contributed by atoms with van der Waals surface area (Å²) in [6, 6.07) is 11.7. The molecule has 1 aliphatic heterocycles. The number of rotatable bonds is 7. The van der Waals surface area contributed by atoms with E-state index >= 15 is 0 Å². The number of nitrogens with zero attached hydrogens (tertiary/aromatic N) is 2. The molecule has 10 heteroatoms. The van der Waals surface area contributed by atoms with Crippen LogP contribution in [0.3, 0.4) is 0 Å². The SMILES string of the molecule is COc1ccc(OCC(=O)N2CCN(CC(=O)Nc3ccccc3C(F)(F)F)CC2)cc1. The number of halogens is 3. The van der Waals surface area contributed by atoms with Crippen molar-refractivity contribution in [3.8, 4) is 11.5 Å². The highest BCUT2D eigenvalue weighted by Crippen LogP contribution is 2.34. The zero-order valence-corrected chi connectivity index (χ0v) is 17.5. The van der Waals surface area contributed by atoms with Crippen LogP contribution in [0.4, 0.5) is 18.9 Å². The maximum absolute atomic E-state index is 13.1. The number of benzene rings is 2. The van der Waals surface area contributed by atoms with Crippen LogP contribution in [0.15, 0.2) is 48.5 Å². The number of hydrogen-bond donors (Lipinski definition) is 1. The molecule has 0 radical (unpaired) electrons. The van der Waals surface area contributed by atoms with Crippen molar-refractivity contribution >= 4 is 17.5 Å². The summed E-state index contributed by atoms with van der Waals surface area (Å²) in [6.45, 7) is 1.50. The first kappa shape index (κ1) is 23.4. The van der Waals surface area contributed by atoms with E-state index in [9.17, 15) is 22.8 Å². The minimum Gasteiger partial charge on any atom is -0.497 e. The lowest BCUT2D eigenvalue weighted by Gasteiger charge is -2.34. The summed E-state index contributed by atoms with van der Waals surface area (Å²) in [5.41, 5.74) is -1.16. The first-order chi connectivity index (χ1) is 15.3. The molecule has 0 unspecified atom stereocenters. The van der Waals surface area contributed by atoms with Gasteiger partial charge in [-0.25, -0.2) is 0 Å². The lowest BCUT2D eigenvalue weighted by atomic mass is 10.1. The topological polar surface area (TPSA) is 71.1 Å². The number of alkyl halides is 3. The van der Waals surface area contributed by atoms with Gasteiger partial charge in [0.25, 0.3) is 5.91 Å². The number of methoxy groups -OCH3 is 1. The number of anilines is 1. The van der Waals surface area contributed by atoms with Gasteiger partial charge in [-0.2, -0.15) is 13.2 Å². The van der Waals surface area contributed by atoms with Crippen LogP contribution in [0.1, 0.15) is 5.56 Å². The lowest BCUT2D eigenvalue weighted by molar-refractivity contribution is -0.137. The molecule has 0 aromatic heterocycles. The van der Waals surface area contributed by atoms with E-state index in [1.54, 1.807) is 41.2 Å². The van der Waals surface area contributed by atoms with Crippen molar-refractivity contribution in [2.24, 2.45) is 0 Å². The Morgan fingerprint density at radius 3 is 2.22 bits per heavy atom. The molecule has 1 N–H and O–H groups in total. The second-order valence-corrected chi connectivity index (χ2v) is 7.21. The van der Waals surface area contributed by atoms with Gasteiger partial charge in [0.2, 0.25) is 5.91 Å². The van der Waals surface area contributed by atoms with Gasteiger partial charge in [-0.1, -0.05) is 12.1 Å². The minimum atomic E-state index is -4.55. The molecule has 0 spiro atoms. The summed E-state index contributed by atoms with van der Waals surface area (Å²) in [6.07, 6.45) is -4.55. The van der Waals surface area contributed by atoms with Crippen molar-refractivity contribution < 1.29 is 32.2 Å². The predicted molar refractivity (Wildman–Crippen MR) is 112 cm³/mol. The van der Waals surface area contributed by atoms with E-state index in [0.717, 1.165) is 6.07 Å². The van der Waals surface area contributed by atoms with Crippen molar-refractivity contribution in [3.05, 3.63) is 54.1 Å². The van der Waals surface area contributed by atoms with Crippen LogP contribution in [-0.2, 0) is 15.8 Å². The second-order valence-electron chi connectivity index (χ2n) is 7.21. The van der Waals surface area contributed by atoms with Crippen LogP contribution in [-0.4, -0.2) is 68.1 Å². The molecule has 0 atom stereocenters. The molecule has 2 aromatic carbocycles. The Bertz CT molecular complexity index is 927. The molecule has 2 amide bonds. The van der Waals surface area contributed by atoms with Gasteiger partial charge < -0.3 is 19.7 Å². The second kappa shape index (κ2) is 10.4. The summed E-state index contributed by atoms with van der Waals surface area (Å²) in [4.78, 5) is 28.0. The maximum Gasteiger partial charge on any atom is 0.418 e. The quantitative estimate of drug-likeness (QED) is 0.701. The number of nitrogens with one attached hydrogen (secondary N) is 1. The van der Waals surface area contributed by atoms with Crippen LogP contribution in [0.5, 0.6) is 11.5 Å². The fourth-order valence-corrected chi connectivity index (χ4v) is 3.30. The number of amides is 2. The van der Waals surface area contributed by atoms with Crippen LogP contribution in [0.2, 0.25) is 0 Å². The minimum absolute atomic E-state index is 0.0590. The molecule has 172 valence electrons. The predicted octanol–water partition coefficient (Wildman–Crippen LogP) is 2.88. The monoisotopic (exact) mass is 451 g/mol. The van der Waals surface area contributed by atoms with Crippen LogP contribution >= 0.6 is 0 Å². The number of ether oxygens (including phenoxy) is 2. The maximum atomic E-state index is 13.1. The van der Waals surface area contributed by atoms with Gasteiger partial charge in [-0.15, -0.1) is 0 Å². The summed E-state index contributed by atoms with van der Waals surface area (Å²) in [7, 11) is 1.56. The van der Waals surface area contributed by atoms with Crippen LogP contribution in [0, 0.1) is 0 Å². The highest BCUT2D eigenvalue weighted by Gasteiger charge is 2.33. The number of piperazine rings is 1. The number of carbonyl (C=O) groups excluding carboxylic acids is 2. The lowest BCUT2D eigenvalue weighted by Crippen LogP contribution is -2.51. The summed E-state index contributed by atoms with van der Waals surface area (Å²) >= 11 is 0. The Balaban J connectivity index is 1.43. The molecule has 0 saturated carbocycles. The number of hydrogen-bond acceptors (Lipinski definition) is 5. The van der Waals surface area contributed by atoms with Gasteiger partial charge in [0, 0.05) is 26.2 Å². The summed E-state index contributed by atoms with van der Waals surface area (Å²) < 4.78 is 49.8. The zero-order chi connectivity index (χ0) is 23.1. The van der Waals surface area contributed by atoms with Crippen molar-refractivity contribution in [1.29, 1.82) is 0 Å². The van der Waals surface area contributed by atoms with E-state index in [-0.39, 0.29) is 24.7 Å². The van der Waals surface area contributed by atoms with Crippen LogP contribution in [0.25, 0.3) is 0 Å². The fraction of sp³-hybridized carbons (Fsp3) is 0.364. The average molecular weight is 451 g/mol. The molecule has 3 rings (SSSR count). The Morgan fingerprint density at radius 2 is 1.59 bits per heavy atom. The largest absolute Gasteiger partial charge is 0.497 e. The Morgan fingerprint density at radius 1 is 0.969 bits per heavy atom. The molecular weight excluding hydrogens is 427 g/mol. The van der Waals surface area contributed by atoms with E-state index in [1.165, 1.54) is 18.2 Å².